The molecule has 4 heteroatoms. The van der Waals surface area contributed by atoms with Gasteiger partial charge in [0.05, 0.1) is 7.11 Å². The van der Waals surface area contributed by atoms with E-state index >= 15 is 0 Å². The van der Waals surface area contributed by atoms with Gasteiger partial charge in [0.25, 0.3) is 0 Å². The number of benzene rings is 1. The quantitative estimate of drug-likeness (QED) is 0.633. The van der Waals surface area contributed by atoms with Gasteiger partial charge in [0.1, 0.15) is 11.5 Å². The van der Waals surface area contributed by atoms with Crippen LogP contribution in [0.25, 0.3) is 5.76 Å². The van der Waals surface area contributed by atoms with Crippen LogP contribution in [-0.2, 0) is 4.79 Å². The zero-order valence-electron chi connectivity index (χ0n) is 8.56. The van der Waals surface area contributed by atoms with Gasteiger partial charge >= 0.3 is 0 Å². The van der Waals surface area contributed by atoms with E-state index in [2.05, 4.69) is 0 Å². The molecular weight excluding hydrogens is 212 g/mol. The van der Waals surface area contributed by atoms with Gasteiger partial charge in [-0.2, -0.15) is 0 Å². The SMILES string of the molecule is COc1ccc(C(O)=CC(=O)SC)cc1. The van der Waals surface area contributed by atoms with Crippen LogP contribution in [0.1, 0.15) is 5.56 Å². The summed E-state index contributed by atoms with van der Waals surface area (Å²) in [6, 6.07) is 6.84. The average Bonchev–Trinajstić information content (AvgIpc) is 2.29. The third kappa shape index (κ3) is 3.32. The van der Waals surface area contributed by atoms with Gasteiger partial charge in [-0.05, 0) is 30.5 Å². The minimum Gasteiger partial charge on any atom is -0.507 e. The summed E-state index contributed by atoms with van der Waals surface area (Å²) in [4.78, 5) is 11.0. The third-order valence-corrected chi connectivity index (χ3v) is 2.36. The van der Waals surface area contributed by atoms with E-state index in [1.807, 2.05) is 0 Å². The second-order valence-corrected chi connectivity index (χ2v) is 3.59. The van der Waals surface area contributed by atoms with Crippen molar-refractivity contribution < 1.29 is 14.6 Å². The fraction of sp³-hybridized carbons (Fsp3) is 0.182. The molecule has 0 unspecified atom stereocenters. The van der Waals surface area contributed by atoms with Gasteiger partial charge in [0.15, 0.2) is 0 Å². The lowest BCUT2D eigenvalue weighted by molar-refractivity contribution is -0.107. The molecular formula is C11H12O3S. The fourth-order valence-electron chi connectivity index (χ4n) is 1.02. The molecule has 0 spiro atoms. The largest absolute Gasteiger partial charge is 0.507 e. The summed E-state index contributed by atoms with van der Waals surface area (Å²) >= 11 is 1.06. The molecule has 80 valence electrons. The first-order valence-electron chi connectivity index (χ1n) is 4.30. The Morgan fingerprint density at radius 2 is 2.00 bits per heavy atom. The van der Waals surface area contributed by atoms with Crippen molar-refractivity contribution in [2.45, 2.75) is 0 Å². The van der Waals surface area contributed by atoms with Crippen molar-refractivity contribution in [3.8, 4) is 5.75 Å². The molecule has 0 fully saturated rings. The van der Waals surface area contributed by atoms with Crippen LogP contribution < -0.4 is 4.74 Å². The zero-order chi connectivity index (χ0) is 11.3. The summed E-state index contributed by atoms with van der Waals surface area (Å²) < 4.78 is 4.98. The fourth-order valence-corrected chi connectivity index (χ4v) is 1.25. The monoisotopic (exact) mass is 224 g/mol. The lowest BCUT2D eigenvalue weighted by Crippen LogP contribution is -1.89. The van der Waals surface area contributed by atoms with Gasteiger partial charge < -0.3 is 9.84 Å². The van der Waals surface area contributed by atoms with E-state index in [1.165, 1.54) is 6.08 Å². The van der Waals surface area contributed by atoms with Gasteiger partial charge in [-0.1, -0.05) is 11.8 Å². The van der Waals surface area contributed by atoms with E-state index in [1.54, 1.807) is 37.6 Å². The third-order valence-electron chi connectivity index (χ3n) is 1.84. The van der Waals surface area contributed by atoms with Crippen LogP contribution in [0.4, 0.5) is 0 Å². The number of hydrogen-bond acceptors (Lipinski definition) is 4. The molecule has 0 atom stereocenters. The Morgan fingerprint density at radius 3 is 2.47 bits per heavy atom. The van der Waals surface area contributed by atoms with Gasteiger partial charge in [-0.3, -0.25) is 4.79 Å². The molecule has 0 aliphatic heterocycles. The predicted molar refractivity (Wildman–Crippen MR) is 62.1 cm³/mol. The molecule has 0 aliphatic carbocycles. The number of ether oxygens (including phenoxy) is 1. The highest BCUT2D eigenvalue weighted by atomic mass is 32.2. The lowest BCUT2D eigenvalue weighted by atomic mass is 10.2. The molecule has 0 radical (unpaired) electrons. The highest BCUT2D eigenvalue weighted by molar-refractivity contribution is 8.13. The Bertz CT molecular complexity index is 368. The summed E-state index contributed by atoms with van der Waals surface area (Å²) in [6.45, 7) is 0. The van der Waals surface area contributed by atoms with Gasteiger partial charge in [-0.25, -0.2) is 0 Å². The van der Waals surface area contributed by atoms with E-state index in [9.17, 15) is 9.90 Å². The van der Waals surface area contributed by atoms with Gasteiger partial charge in [0.2, 0.25) is 5.12 Å². The topological polar surface area (TPSA) is 46.5 Å². The highest BCUT2D eigenvalue weighted by Crippen LogP contribution is 2.17. The molecule has 0 saturated heterocycles. The Hall–Kier alpha value is -1.42. The maximum absolute atomic E-state index is 11.0. The number of aliphatic hydroxyl groups excluding tert-OH is 1. The van der Waals surface area contributed by atoms with Crippen molar-refractivity contribution in [2.75, 3.05) is 13.4 Å². The minimum absolute atomic E-state index is 0.0306. The van der Waals surface area contributed by atoms with Crippen molar-refractivity contribution in [3.05, 3.63) is 35.9 Å². The average molecular weight is 224 g/mol. The van der Waals surface area contributed by atoms with Crippen LogP contribution in [0.2, 0.25) is 0 Å². The first-order chi connectivity index (χ1) is 7.17. The molecule has 1 aromatic carbocycles. The second kappa shape index (κ2) is 5.46. The molecule has 0 amide bonds. The van der Waals surface area contributed by atoms with Crippen molar-refractivity contribution >= 4 is 22.6 Å². The normalized spacial score (nSPS) is 11.2. The van der Waals surface area contributed by atoms with Crippen LogP contribution in [0.15, 0.2) is 30.3 Å². The first-order valence-corrected chi connectivity index (χ1v) is 5.53. The molecule has 0 aromatic heterocycles. The molecule has 1 rings (SSSR count). The molecule has 0 aliphatic rings. The van der Waals surface area contributed by atoms with Crippen molar-refractivity contribution in [1.82, 2.24) is 0 Å². The Balaban J connectivity index is 2.87. The summed E-state index contributed by atoms with van der Waals surface area (Å²) in [5.41, 5.74) is 0.596. The van der Waals surface area contributed by atoms with E-state index < -0.39 is 0 Å². The van der Waals surface area contributed by atoms with E-state index in [0.717, 1.165) is 11.8 Å². The molecule has 3 nitrogen and oxygen atoms in total. The standard InChI is InChI=1S/C11H12O3S/c1-14-9-5-3-8(4-6-9)10(12)7-11(13)15-2/h3-7,12H,1-2H3. The second-order valence-electron chi connectivity index (χ2n) is 2.78. The van der Waals surface area contributed by atoms with Crippen molar-refractivity contribution in [3.63, 3.8) is 0 Å². The molecule has 1 aromatic rings. The van der Waals surface area contributed by atoms with E-state index in [0.29, 0.717) is 11.3 Å². The maximum Gasteiger partial charge on any atom is 0.215 e. The zero-order valence-corrected chi connectivity index (χ0v) is 9.38. The Labute approximate surface area is 92.8 Å². The number of rotatable bonds is 3. The van der Waals surface area contributed by atoms with E-state index in [-0.39, 0.29) is 10.9 Å². The van der Waals surface area contributed by atoms with Crippen molar-refractivity contribution in [1.29, 1.82) is 0 Å². The van der Waals surface area contributed by atoms with Crippen molar-refractivity contribution in [2.24, 2.45) is 0 Å². The number of thioether (sulfide) groups is 1. The molecule has 1 N–H and O–H groups in total. The van der Waals surface area contributed by atoms with Crippen LogP contribution in [-0.4, -0.2) is 23.6 Å². The summed E-state index contributed by atoms with van der Waals surface area (Å²) in [5.74, 6) is 0.680. The number of methoxy groups -OCH3 is 1. The van der Waals surface area contributed by atoms with Crippen LogP contribution in [0, 0.1) is 0 Å². The number of aliphatic hydroxyl groups is 1. The summed E-state index contributed by atoms with van der Waals surface area (Å²) in [7, 11) is 1.57. The number of hydrogen-bond donors (Lipinski definition) is 1. The number of carbonyl (C=O) groups is 1. The van der Waals surface area contributed by atoms with Gasteiger partial charge in [-0.15, -0.1) is 0 Å². The van der Waals surface area contributed by atoms with E-state index in [4.69, 9.17) is 4.74 Å². The Kier molecular flexibility index (Phi) is 4.24. The predicted octanol–water partition coefficient (Wildman–Crippen LogP) is 2.48. The molecule has 0 saturated carbocycles. The number of carbonyl (C=O) groups excluding carboxylic acids is 1. The molecule has 0 bridgehead atoms. The lowest BCUT2D eigenvalue weighted by Gasteiger charge is -2.02. The van der Waals surface area contributed by atoms with Crippen LogP contribution in [0.3, 0.4) is 0 Å². The maximum atomic E-state index is 11.0. The highest BCUT2D eigenvalue weighted by Gasteiger charge is 2.02. The van der Waals surface area contributed by atoms with Crippen LogP contribution >= 0.6 is 11.8 Å². The smallest absolute Gasteiger partial charge is 0.215 e. The summed E-state index contributed by atoms with van der Waals surface area (Å²) in [6.07, 6.45) is 2.87. The van der Waals surface area contributed by atoms with Gasteiger partial charge in [0, 0.05) is 11.6 Å². The summed E-state index contributed by atoms with van der Waals surface area (Å²) in [5, 5.41) is 9.39. The van der Waals surface area contributed by atoms with Crippen LogP contribution in [0.5, 0.6) is 5.75 Å². The Morgan fingerprint density at radius 1 is 1.40 bits per heavy atom. The molecule has 15 heavy (non-hydrogen) atoms. The minimum atomic E-state index is -0.177. The molecule has 0 heterocycles. The first kappa shape index (κ1) is 11.7.